The second-order valence-electron chi connectivity index (χ2n) is 5.12. The smallest absolute Gasteiger partial charge is 0.303 e. The molecule has 1 fully saturated rings. The molecular weight excluding hydrogens is 247 g/mol. The largest absolute Gasteiger partial charge is 0.496 e. The van der Waals surface area contributed by atoms with Crippen LogP contribution in [0.5, 0.6) is 5.75 Å². The van der Waals surface area contributed by atoms with Crippen LogP contribution in [-0.2, 0) is 4.79 Å². The molecule has 1 aromatic rings. The van der Waals surface area contributed by atoms with E-state index in [0.29, 0.717) is 17.2 Å². The predicted octanol–water partition coefficient (Wildman–Crippen LogP) is 3.69. The van der Waals surface area contributed by atoms with Gasteiger partial charge in [0, 0.05) is 5.56 Å². The molecule has 19 heavy (non-hydrogen) atoms. The summed E-state index contributed by atoms with van der Waals surface area (Å²) in [6, 6.07) is 5.36. The summed E-state index contributed by atoms with van der Waals surface area (Å²) in [4.78, 5) is 11.0. The molecule has 0 aliphatic heterocycles. The summed E-state index contributed by atoms with van der Waals surface area (Å²) in [5.41, 5.74) is 1.29. The second kappa shape index (κ2) is 5.59. The van der Waals surface area contributed by atoms with E-state index in [4.69, 9.17) is 9.84 Å². The van der Waals surface area contributed by atoms with E-state index in [0.717, 1.165) is 18.4 Å². The van der Waals surface area contributed by atoms with Gasteiger partial charge in [0.15, 0.2) is 0 Å². The Bertz CT molecular complexity index is 466. The second-order valence-corrected chi connectivity index (χ2v) is 5.12. The van der Waals surface area contributed by atoms with Crippen molar-refractivity contribution in [2.75, 3.05) is 7.11 Å². The van der Waals surface area contributed by atoms with Crippen molar-refractivity contribution in [3.05, 3.63) is 29.3 Å². The number of halogens is 1. The van der Waals surface area contributed by atoms with E-state index >= 15 is 0 Å². The number of ether oxygens (including phenoxy) is 1. The highest BCUT2D eigenvalue weighted by Gasteiger charge is 2.36. The molecule has 2 unspecified atom stereocenters. The third-order valence-electron chi connectivity index (χ3n) is 3.70. The van der Waals surface area contributed by atoms with Crippen LogP contribution in [0.2, 0.25) is 0 Å². The van der Waals surface area contributed by atoms with E-state index in [1.165, 1.54) is 14.0 Å². The highest BCUT2D eigenvalue weighted by Crippen LogP contribution is 2.48. The van der Waals surface area contributed by atoms with Crippen LogP contribution in [0.15, 0.2) is 18.2 Å². The number of aliphatic carboxylic acids is 1. The first-order valence-electron chi connectivity index (χ1n) is 6.57. The quantitative estimate of drug-likeness (QED) is 0.854. The Kier molecular flexibility index (Phi) is 4.08. The molecule has 0 spiro atoms. The molecule has 3 nitrogen and oxygen atoms in total. The summed E-state index contributed by atoms with van der Waals surface area (Å²) in [5.74, 6) is -0.0813. The molecule has 1 saturated carbocycles. The number of carboxylic acids is 1. The van der Waals surface area contributed by atoms with E-state index in [1.807, 2.05) is 6.07 Å². The number of benzene rings is 1. The molecule has 1 aliphatic carbocycles. The Labute approximate surface area is 112 Å². The fraction of sp³-hybridized carbons (Fsp3) is 0.533. The molecule has 1 aromatic carbocycles. The molecule has 2 atom stereocenters. The summed E-state index contributed by atoms with van der Waals surface area (Å²) in [5, 5.41) is 9.05. The van der Waals surface area contributed by atoms with Crippen molar-refractivity contribution >= 4 is 5.97 Å². The minimum Gasteiger partial charge on any atom is -0.496 e. The van der Waals surface area contributed by atoms with Gasteiger partial charge in [-0.3, -0.25) is 4.79 Å². The third kappa shape index (κ3) is 3.06. The molecule has 0 bridgehead atoms. The molecule has 0 saturated heterocycles. The summed E-state index contributed by atoms with van der Waals surface area (Å²) in [6.45, 7) is 1.46. The monoisotopic (exact) mass is 266 g/mol. The van der Waals surface area contributed by atoms with Crippen molar-refractivity contribution in [2.24, 2.45) is 5.92 Å². The highest BCUT2D eigenvalue weighted by atomic mass is 19.1. The SMILES string of the molecule is COc1cccc(C(CC(=O)O)C2CC2)c1C(C)F. The first-order chi connectivity index (χ1) is 9.04. The maximum absolute atomic E-state index is 13.9. The van der Waals surface area contributed by atoms with Gasteiger partial charge in [-0.05, 0) is 43.2 Å². The van der Waals surface area contributed by atoms with E-state index in [1.54, 1.807) is 12.1 Å². The van der Waals surface area contributed by atoms with Crippen LogP contribution in [-0.4, -0.2) is 18.2 Å². The average molecular weight is 266 g/mol. The maximum atomic E-state index is 13.9. The van der Waals surface area contributed by atoms with Crippen LogP contribution in [0.4, 0.5) is 4.39 Å². The van der Waals surface area contributed by atoms with Gasteiger partial charge in [-0.15, -0.1) is 0 Å². The number of carbonyl (C=O) groups is 1. The first kappa shape index (κ1) is 13.8. The normalized spacial score (nSPS) is 17.8. The van der Waals surface area contributed by atoms with Gasteiger partial charge in [0.1, 0.15) is 11.9 Å². The Balaban J connectivity index is 2.43. The van der Waals surface area contributed by atoms with Gasteiger partial charge in [-0.2, -0.15) is 0 Å². The lowest BCUT2D eigenvalue weighted by atomic mass is 9.86. The topological polar surface area (TPSA) is 46.5 Å². The maximum Gasteiger partial charge on any atom is 0.303 e. The van der Waals surface area contributed by atoms with Crippen LogP contribution in [0.1, 0.15) is 49.4 Å². The Morgan fingerprint density at radius 3 is 2.68 bits per heavy atom. The summed E-state index contributed by atoms with van der Waals surface area (Å²) < 4.78 is 19.1. The van der Waals surface area contributed by atoms with Gasteiger partial charge in [0.05, 0.1) is 13.5 Å². The lowest BCUT2D eigenvalue weighted by molar-refractivity contribution is -0.137. The Morgan fingerprint density at radius 2 is 2.21 bits per heavy atom. The number of carboxylic acid groups (broad SMARTS) is 1. The van der Waals surface area contributed by atoms with Crippen LogP contribution < -0.4 is 4.74 Å². The Hall–Kier alpha value is -1.58. The fourth-order valence-corrected chi connectivity index (χ4v) is 2.71. The van der Waals surface area contributed by atoms with E-state index in [-0.39, 0.29) is 12.3 Å². The van der Waals surface area contributed by atoms with Crippen LogP contribution in [0, 0.1) is 5.92 Å². The molecule has 4 heteroatoms. The third-order valence-corrected chi connectivity index (χ3v) is 3.70. The van der Waals surface area contributed by atoms with Crippen molar-refractivity contribution < 1.29 is 19.0 Å². The highest BCUT2D eigenvalue weighted by molar-refractivity contribution is 5.68. The van der Waals surface area contributed by atoms with E-state index < -0.39 is 12.1 Å². The van der Waals surface area contributed by atoms with Crippen molar-refractivity contribution in [1.82, 2.24) is 0 Å². The van der Waals surface area contributed by atoms with Gasteiger partial charge in [0.2, 0.25) is 0 Å². The first-order valence-corrected chi connectivity index (χ1v) is 6.57. The lowest BCUT2D eigenvalue weighted by Gasteiger charge is -2.21. The predicted molar refractivity (Wildman–Crippen MR) is 70.2 cm³/mol. The number of methoxy groups -OCH3 is 1. The summed E-state index contributed by atoms with van der Waals surface area (Å²) >= 11 is 0. The molecule has 2 rings (SSSR count). The van der Waals surface area contributed by atoms with Gasteiger partial charge in [-0.25, -0.2) is 4.39 Å². The van der Waals surface area contributed by atoms with Crippen LogP contribution in [0.3, 0.4) is 0 Å². The van der Waals surface area contributed by atoms with Crippen LogP contribution >= 0.6 is 0 Å². The molecule has 0 aromatic heterocycles. The van der Waals surface area contributed by atoms with Gasteiger partial charge in [0.25, 0.3) is 0 Å². The summed E-state index contributed by atoms with van der Waals surface area (Å²) in [6.07, 6.45) is 0.934. The van der Waals surface area contributed by atoms with E-state index in [9.17, 15) is 9.18 Å². The number of alkyl halides is 1. The zero-order valence-electron chi connectivity index (χ0n) is 11.2. The molecule has 0 radical (unpaired) electrons. The van der Waals surface area contributed by atoms with Crippen molar-refractivity contribution in [3.63, 3.8) is 0 Å². The van der Waals surface area contributed by atoms with E-state index in [2.05, 4.69) is 0 Å². The lowest BCUT2D eigenvalue weighted by Crippen LogP contribution is -2.12. The van der Waals surface area contributed by atoms with Crippen molar-refractivity contribution in [1.29, 1.82) is 0 Å². The van der Waals surface area contributed by atoms with Gasteiger partial charge in [-0.1, -0.05) is 12.1 Å². The minimum absolute atomic E-state index is 0.0531. The van der Waals surface area contributed by atoms with Crippen molar-refractivity contribution in [2.45, 2.75) is 38.3 Å². The standard InChI is InChI=1S/C15H19FO3/c1-9(16)15-11(4-3-5-13(15)19-2)12(8-14(17)18)10-6-7-10/h3-5,9-10,12H,6-8H2,1-2H3,(H,17,18). The van der Waals surface area contributed by atoms with Crippen LogP contribution in [0.25, 0.3) is 0 Å². The number of rotatable bonds is 6. The number of hydrogen-bond acceptors (Lipinski definition) is 2. The number of hydrogen-bond donors (Lipinski definition) is 1. The molecule has 104 valence electrons. The Morgan fingerprint density at radius 1 is 1.53 bits per heavy atom. The molecule has 0 heterocycles. The molecular formula is C15H19FO3. The molecule has 0 amide bonds. The summed E-state index contributed by atoms with van der Waals surface area (Å²) in [7, 11) is 1.51. The van der Waals surface area contributed by atoms with Crippen molar-refractivity contribution in [3.8, 4) is 5.75 Å². The zero-order chi connectivity index (χ0) is 14.0. The average Bonchev–Trinajstić information content (AvgIpc) is 3.18. The molecule has 1 aliphatic rings. The fourth-order valence-electron chi connectivity index (χ4n) is 2.71. The molecule has 1 N–H and O–H groups in total. The van der Waals surface area contributed by atoms with Gasteiger partial charge < -0.3 is 9.84 Å². The van der Waals surface area contributed by atoms with Gasteiger partial charge >= 0.3 is 5.97 Å². The minimum atomic E-state index is -1.17. The zero-order valence-corrected chi connectivity index (χ0v) is 11.2.